The van der Waals surface area contributed by atoms with E-state index in [1.54, 1.807) is 54.1 Å². The fraction of sp³-hybridized carbons (Fsp3) is 0.273. The number of nitrogens with zero attached hydrogens (tertiary/aromatic N) is 3. The van der Waals surface area contributed by atoms with E-state index in [4.69, 9.17) is 21.1 Å². The van der Waals surface area contributed by atoms with Gasteiger partial charge in [0, 0.05) is 11.1 Å². The van der Waals surface area contributed by atoms with Crippen molar-refractivity contribution >= 4 is 35.0 Å². The lowest BCUT2D eigenvalue weighted by atomic mass is 10.1. The smallest absolute Gasteiger partial charge is 0.350 e. The molecule has 168 valence electrons. The molecule has 0 aliphatic heterocycles. The van der Waals surface area contributed by atoms with E-state index in [0.29, 0.717) is 26.3 Å². The van der Waals surface area contributed by atoms with Crippen molar-refractivity contribution in [2.45, 2.75) is 43.0 Å². The number of ether oxygens (including phenoxy) is 2. The predicted molar refractivity (Wildman–Crippen MR) is 122 cm³/mol. The summed E-state index contributed by atoms with van der Waals surface area (Å²) in [6.07, 6.45) is 0. The minimum atomic E-state index is -0.630. The van der Waals surface area contributed by atoms with Crippen LogP contribution in [0.5, 0.6) is 11.6 Å². The molecular formula is C22H22ClN3O5S. The van der Waals surface area contributed by atoms with Crippen molar-refractivity contribution in [1.29, 1.82) is 0 Å². The standard InChI is InChI=1S/C22H22ClN3O5S/c1-14-20(32-18-8-6-5-7-17(18)26(28)29)21(25(24-14)22(2,3)4)31-19(27)13-30-16-11-9-15(23)10-12-16/h5-12H,13H2,1-4H3. The van der Waals surface area contributed by atoms with Crippen molar-refractivity contribution in [3.63, 3.8) is 0 Å². The van der Waals surface area contributed by atoms with E-state index in [1.807, 2.05) is 20.8 Å². The molecule has 0 saturated carbocycles. The zero-order chi connectivity index (χ0) is 23.5. The van der Waals surface area contributed by atoms with Gasteiger partial charge in [-0.05, 0) is 58.0 Å². The maximum Gasteiger partial charge on any atom is 0.350 e. The number of carbonyl (C=O) groups is 1. The molecule has 10 heteroatoms. The fourth-order valence-electron chi connectivity index (χ4n) is 2.77. The molecule has 1 heterocycles. The first kappa shape index (κ1) is 23.6. The molecule has 0 aliphatic rings. The van der Waals surface area contributed by atoms with E-state index in [1.165, 1.54) is 6.07 Å². The Morgan fingerprint density at radius 2 is 1.84 bits per heavy atom. The molecule has 3 aromatic rings. The maximum absolute atomic E-state index is 12.6. The summed E-state index contributed by atoms with van der Waals surface area (Å²) in [5.74, 6) is 0.0546. The zero-order valence-electron chi connectivity index (χ0n) is 18.0. The van der Waals surface area contributed by atoms with Crippen molar-refractivity contribution in [1.82, 2.24) is 9.78 Å². The van der Waals surface area contributed by atoms with Gasteiger partial charge in [-0.15, -0.1) is 0 Å². The van der Waals surface area contributed by atoms with Gasteiger partial charge in [0.15, 0.2) is 6.61 Å². The molecular weight excluding hydrogens is 454 g/mol. The van der Waals surface area contributed by atoms with Crippen molar-refractivity contribution in [3.8, 4) is 11.6 Å². The zero-order valence-corrected chi connectivity index (χ0v) is 19.6. The van der Waals surface area contributed by atoms with Crippen molar-refractivity contribution in [3.05, 3.63) is 69.4 Å². The summed E-state index contributed by atoms with van der Waals surface area (Å²) in [5, 5.41) is 16.5. The van der Waals surface area contributed by atoms with Gasteiger partial charge in [0.2, 0.25) is 5.88 Å². The summed E-state index contributed by atoms with van der Waals surface area (Å²) in [6, 6.07) is 13.0. The number of carbonyl (C=O) groups excluding carboxylic acids is 1. The van der Waals surface area contributed by atoms with E-state index < -0.39 is 16.4 Å². The summed E-state index contributed by atoms with van der Waals surface area (Å²) in [7, 11) is 0. The molecule has 0 radical (unpaired) electrons. The van der Waals surface area contributed by atoms with E-state index in [0.717, 1.165) is 11.8 Å². The van der Waals surface area contributed by atoms with Crippen molar-refractivity contribution < 1.29 is 19.2 Å². The van der Waals surface area contributed by atoms with Crippen LogP contribution in [0.2, 0.25) is 5.02 Å². The third kappa shape index (κ3) is 5.60. The Morgan fingerprint density at radius 1 is 1.19 bits per heavy atom. The van der Waals surface area contributed by atoms with Crippen LogP contribution in [0.25, 0.3) is 0 Å². The first-order valence-corrected chi connectivity index (χ1v) is 10.9. The Kier molecular flexibility index (Phi) is 7.10. The van der Waals surface area contributed by atoms with E-state index in [2.05, 4.69) is 5.10 Å². The van der Waals surface area contributed by atoms with Crippen LogP contribution in [0.1, 0.15) is 26.5 Å². The largest absolute Gasteiger partial charge is 0.482 e. The second-order valence-electron chi connectivity index (χ2n) is 7.85. The Morgan fingerprint density at radius 3 is 2.47 bits per heavy atom. The number of hydrogen-bond donors (Lipinski definition) is 0. The van der Waals surface area contributed by atoms with Gasteiger partial charge in [-0.25, -0.2) is 9.48 Å². The fourth-order valence-corrected chi connectivity index (χ4v) is 3.91. The predicted octanol–water partition coefficient (Wildman–Crippen LogP) is 5.64. The normalized spacial score (nSPS) is 11.3. The summed E-state index contributed by atoms with van der Waals surface area (Å²) >= 11 is 6.99. The first-order chi connectivity index (χ1) is 15.1. The van der Waals surface area contributed by atoms with Gasteiger partial charge in [-0.3, -0.25) is 10.1 Å². The van der Waals surface area contributed by atoms with Crippen LogP contribution >= 0.6 is 23.4 Å². The van der Waals surface area contributed by atoms with Crippen LogP contribution in [0.3, 0.4) is 0 Å². The average molecular weight is 476 g/mol. The molecule has 0 saturated heterocycles. The highest BCUT2D eigenvalue weighted by Crippen LogP contribution is 2.42. The third-order valence-corrected chi connectivity index (χ3v) is 5.75. The van der Waals surface area contributed by atoms with E-state index in [9.17, 15) is 14.9 Å². The Balaban J connectivity index is 1.89. The van der Waals surface area contributed by atoms with Crippen LogP contribution in [0.15, 0.2) is 58.3 Å². The number of rotatable bonds is 7. The molecule has 0 aliphatic carbocycles. The van der Waals surface area contributed by atoms with Crippen LogP contribution in [-0.2, 0) is 10.3 Å². The highest BCUT2D eigenvalue weighted by Gasteiger charge is 2.29. The molecule has 0 unspecified atom stereocenters. The van der Waals surface area contributed by atoms with Gasteiger partial charge < -0.3 is 9.47 Å². The lowest BCUT2D eigenvalue weighted by Gasteiger charge is -2.22. The monoisotopic (exact) mass is 475 g/mol. The number of aromatic nitrogens is 2. The summed E-state index contributed by atoms with van der Waals surface area (Å²) in [6.45, 7) is 7.19. The average Bonchev–Trinajstić information content (AvgIpc) is 3.03. The topological polar surface area (TPSA) is 96.5 Å². The molecule has 0 amide bonds. The Labute approximate surface area is 194 Å². The van der Waals surface area contributed by atoms with Crippen LogP contribution in [0, 0.1) is 17.0 Å². The molecule has 0 bridgehead atoms. The minimum absolute atomic E-state index is 0.0382. The quantitative estimate of drug-likeness (QED) is 0.247. The molecule has 1 aromatic heterocycles. The molecule has 0 fully saturated rings. The highest BCUT2D eigenvalue weighted by atomic mass is 35.5. The van der Waals surface area contributed by atoms with Gasteiger partial charge >= 0.3 is 5.97 Å². The van der Waals surface area contributed by atoms with Crippen LogP contribution in [-0.4, -0.2) is 27.3 Å². The highest BCUT2D eigenvalue weighted by molar-refractivity contribution is 7.99. The molecule has 0 N–H and O–H groups in total. The molecule has 0 atom stereocenters. The number of halogens is 1. The number of hydrogen-bond acceptors (Lipinski definition) is 7. The van der Waals surface area contributed by atoms with Gasteiger partial charge in [-0.1, -0.05) is 35.5 Å². The number of aryl methyl sites for hydroxylation is 1. The molecule has 32 heavy (non-hydrogen) atoms. The van der Waals surface area contributed by atoms with Gasteiger partial charge in [-0.2, -0.15) is 5.10 Å². The number of nitro benzene ring substituents is 1. The summed E-state index contributed by atoms with van der Waals surface area (Å²) in [5.41, 5.74) is 0.0482. The van der Waals surface area contributed by atoms with Crippen LogP contribution < -0.4 is 9.47 Å². The Bertz CT molecular complexity index is 1140. The first-order valence-electron chi connectivity index (χ1n) is 9.66. The van der Waals surface area contributed by atoms with E-state index >= 15 is 0 Å². The van der Waals surface area contributed by atoms with Gasteiger partial charge in [0.05, 0.1) is 25.9 Å². The number of para-hydroxylation sites is 1. The van der Waals surface area contributed by atoms with E-state index in [-0.39, 0.29) is 18.2 Å². The number of benzene rings is 2. The lowest BCUT2D eigenvalue weighted by molar-refractivity contribution is -0.387. The Hall–Kier alpha value is -3.04. The molecule has 0 spiro atoms. The second-order valence-corrected chi connectivity index (χ2v) is 9.33. The summed E-state index contributed by atoms with van der Waals surface area (Å²) in [4.78, 5) is 24.5. The second kappa shape index (κ2) is 9.62. The third-order valence-electron chi connectivity index (χ3n) is 4.26. The SMILES string of the molecule is Cc1nn(C(C)(C)C)c(OC(=O)COc2ccc(Cl)cc2)c1Sc1ccccc1[N+](=O)[O-]. The van der Waals surface area contributed by atoms with Crippen molar-refractivity contribution in [2.75, 3.05) is 6.61 Å². The molecule has 8 nitrogen and oxygen atoms in total. The summed E-state index contributed by atoms with van der Waals surface area (Å²) < 4.78 is 12.7. The minimum Gasteiger partial charge on any atom is -0.482 e. The maximum atomic E-state index is 12.6. The van der Waals surface area contributed by atoms with Crippen molar-refractivity contribution in [2.24, 2.45) is 0 Å². The number of esters is 1. The number of nitro groups is 1. The lowest BCUT2D eigenvalue weighted by Crippen LogP contribution is -2.27. The van der Waals surface area contributed by atoms with Crippen LogP contribution in [0.4, 0.5) is 5.69 Å². The molecule has 3 rings (SSSR count). The molecule has 2 aromatic carbocycles. The van der Waals surface area contributed by atoms with Gasteiger partial charge in [0.25, 0.3) is 5.69 Å². The van der Waals surface area contributed by atoms with Gasteiger partial charge in [0.1, 0.15) is 5.75 Å².